The van der Waals surface area contributed by atoms with E-state index in [9.17, 15) is 0 Å². The van der Waals surface area contributed by atoms with Gasteiger partial charge < -0.3 is 5.32 Å². The van der Waals surface area contributed by atoms with Crippen molar-refractivity contribution in [3.63, 3.8) is 0 Å². The van der Waals surface area contributed by atoms with E-state index in [4.69, 9.17) is 11.6 Å². The minimum atomic E-state index is 0.413. The van der Waals surface area contributed by atoms with Gasteiger partial charge in [0.2, 0.25) is 0 Å². The van der Waals surface area contributed by atoms with Gasteiger partial charge in [-0.2, -0.15) is 5.10 Å². The van der Waals surface area contributed by atoms with Gasteiger partial charge in [-0.15, -0.1) is 0 Å². The Morgan fingerprint density at radius 3 is 2.55 bits per heavy atom. The van der Waals surface area contributed by atoms with Crippen LogP contribution in [-0.2, 0) is 19.4 Å². The molecule has 0 aromatic carbocycles. The molecule has 0 unspecified atom stereocenters. The first-order valence-corrected chi connectivity index (χ1v) is 8.48. The molecule has 0 saturated heterocycles. The van der Waals surface area contributed by atoms with Crippen LogP contribution < -0.4 is 5.32 Å². The molecule has 1 fully saturated rings. The van der Waals surface area contributed by atoms with E-state index in [1.165, 1.54) is 31.4 Å². The summed E-state index contributed by atoms with van der Waals surface area (Å²) in [5, 5.41) is 9.17. The van der Waals surface area contributed by atoms with E-state index < -0.39 is 0 Å². The molecule has 1 aromatic rings. The highest BCUT2D eigenvalue weighted by Crippen LogP contribution is 2.44. The maximum atomic E-state index is 6.55. The van der Waals surface area contributed by atoms with E-state index in [2.05, 4.69) is 35.9 Å². The molecule has 1 N–H and O–H groups in total. The summed E-state index contributed by atoms with van der Waals surface area (Å²) in [6, 6.07) is 0. The average Bonchev–Trinajstić information content (AvgIpc) is 2.72. The third-order valence-electron chi connectivity index (χ3n) is 4.58. The third kappa shape index (κ3) is 3.20. The Balaban J connectivity index is 2.12. The fourth-order valence-corrected chi connectivity index (χ4v) is 3.50. The second kappa shape index (κ2) is 6.95. The van der Waals surface area contributed by atoms with E-state index in [0.29, 0.717) is 5.41 Å². The first-order valence-electron chi connectivity index (χ1n) is 8.10. The number of aromatic nitrogens is 2. The van der Waals surface area contributed by atoms with Crippen molar-refractivity contribution in [2.45, 2.75) is 65.8 Å². The van der Waals surface area contributed by atoms with Gasteiger partial charge in [0.25, 0.3) is 0 Å². The maximum Gasteiger partial charge on any atom is 0.0850 e. The summed E-state index contributed by atoms with van der Waals surface area (Å²) in [5.41, 5.74) is 2.72. The van der Waals surface area contributed by atoms with Crippen LogP contribution in [0.5, 0.6) is 0 Å². The molecule has 1 aliphatic carbocycles. The number of nitrogens with zero attached hydrogens (tertiary/aromatic N) is 2. The number of aryl methyl sites for hydroxylation is 2. The van der Waals surface area contributed by atoms with Crippen LogP contribution in [0.1, 0.15) is 57.8 Å². The van der Waals surface area contributed by atoms with Crippen LogP contribution in [0.25, 0.3) is 0 Å². The Labute approximate surface area is 128 Å². The maximum absolute atomic E-state index is 6.55. The minimum Gasteiger partial charge on any atom is -0.316 e. The van der Waals surface area contributed by atoms with E-state index in [-0.39, 0.29) is 0 Å². The SMILES string of the molecule is CCCNCC1(Cc2c(Cl)c(CC)nn2CC)CCC1. The molecular formula is C16H28ClN3. The molecule has 20 heavy (non-hydrogen) atoms. The third-order valence-corrected chi connectivity index (χ3v) is 5.01. The molecular weight excluding hydrogens is 270 g/mol. The van der Waals surface area contributed by atoms with E-state index in [1.807, 2.05) is 0 Å². The topological polar surface area (TPSA) is 29.9 Å². The largest absolute Gasteiger partial charge is 0.316 e. The van der Waals surface area contributed by atoms with Gasteiger partial charge in [-0.1, -0.05) is 31.9 Å². The number of hydrogen-bond donors (Lipinski definition) is 1. The zero-order chi connectivity index (χ0) is 14.6. The van der Waals surface area contributed by atoms with Crippen LogP contribution in [-0.4, -0.2) is 22.9 Å². The molecule has 0 radical (unpaired) electrons. The summed E-state index contributed by atoms with van der Waals surface area (Å²) in [5.74, 6) is 0. The predicted molar refractivity (Wildman–Crippen MR) is 85.4 cm³/mol. The van der Waals surface area contributed by atoms with Crippen molar-refractivity contribution in [3.05, 3.63) is 16.4 Å². The summed E-state index contributed by atoms with van der Waals surface area (Å²) in [7, 11) is 0. The molecule has 3 nitrogen and oxygen atoms in total. The zero-order valence-corrected chi connectivity index (χ0v) is 13.9. The van der Waals surface area contributed by atoms with Gasteiger partial charge in [0.1, 0.15) is 0 Å². The van der Waals surface area contributed by atoms with Crippen molar-refractivity contribution in [1.82, 2.24) is 15.1 Å². The van der Waals surface area contributed by atoms with Crippen LogP contribution in [0.3, 0.4) is 0 Å². The lowest BCUT2D eigenvalue weighted by molar-refractivity contribution is 0.127. The molecule has 0 aliphatic heterocycles. The van der Waals surface area contributed by atoms with Crippen molar-refractivity contribution in [1.29, 1.82) is 0 Å². The Kier molecular flexibility index (Phi) is 5.50. The van der Waals surface area contributed by atoms with Crippen LogP contribution in [0.2, 0.25) is 5.02 Å². The van der Waals surface area contributed by atoms with Gasteiger partial charge in [0, 0.05) is 13.1 Å². The molecule has 1 saturated carbocycles. The first-order chi connectivity index (χ1) is 9.65. The Hall–Kier alpha value is -0.540. The molecule has 1 aromatic heterocycles. The van der Waals surface area contributed by atoms with Crippen LogP contribution in [0.15, 0.2) is 0 Å². The van der Waals surface area contributed by atoms with Crippen LogP contribution in [0, 0.1) is 5.41 Å². The predicted octanol–water partition coefficient (Wildman–Crippen LogP) is 3.83. The lowest BCUT2D eigenvalue weighted by Crippen LogP contribution is -2.42. The molecule has 0 spiro atoms. The highest BCUT2D eigenvalue weighted by molar-refractivity contribution is 6.31. The van der Waals surface area contributed by atoms with E-state index in [0.717, 1.165) is 43.2 Å². The second-order valence-corrected chi connectivity index (χ2v) is 6.46. The number of rotatable bonds is 8. The summed E-state index contributed by atoms with van der Waals surface area (Å²) < 4.78 is 2.11. The zero-order valence-electron chi connectivity index (χ0n) is 13.1. The monoisotopic (exact) mass is 297 g/mol. The fraction of sp³-hybridized carbons (Fsp3) is 0.812. The highest BCUT2D eigenvalue weighted by Gasteiger charge is 2.38. The average molecular weight is 298 g/mol. The molecule has 0 bridgehead atoms. The van der Waals surface area contributed by atoms with Gasteiger partial charge >= 0.3 is 0 Å². The van der Waals surface area contributed by atoms with Gasteiger partial charge in [0.15, 0.2) is 0 Å². The molecule has 0 atom stereocenters. The van der Waals surface area contributed by atoms with Gasteiger partial charge in [0.05, 0.1) is 16.4 Å². The first kappa shape index (κ1) is 15.8. The molecule has 2 rings (SSSR count). The summed E-state index contributed by atoms with van der Waals surface area (Å²) in [6.45, 7) is 9.63. The number of halogens is 1. The van der Waals surface area contributed by atoms with E-state index in [1.54, 1.807) is 0 Å². The minimum absolute atomic E-state index is 0.413. The normalized spacial score (nSPS) is 17.2. The Morgan fingerprint density at radius 2 is 2.05 bits per heavy atom. The fourth-order valence-electron chi connectivity index (χ4n) is 3.16. The number of nitrogens with one attached hydrogen (secondary N) is 1. The lowest BCUT2D eigenvalue weighted by atomic mass is 9.66. The van der Waals surface area contributed by atoms with Crippen molar-refractivity contribution in [2.75, 3.05) is 13.1 Å². The molecule has 0 amide bonds. The van der Waals surface area contributed by atoms with Gasteiger partial charge in [-0.05, 0) is 51.0 Å². The molecule has 114 valence electrons. The van der Waals surface area contributed by atoms with Crippen molar-refractivity contribution >= 4 is 11.6 Å². The molecule has 1 heterocycles. The van der Waals surface area contributed by atoms with Crippen molar-refractivity contribution in [2.24, 2.45) is 5.41 Å². The molecule has 4 heteroatoms. The Morgan fingerprint density at radius 1 is 1.30 bits per heavy atom. The summed E-state index contributed by atoms with van der Waals surface area (Å²) in [6.07, 6.45) is 7.17. The molecule has 1 aliphatic rings. The van der Waals surface area contributed by atoms with Gasteiger partial charge in [-0.25, -0.2) is 0 Å². The summed E-state index contributed by atoms with van der Waals surface area (Å²) >= 11 is 6.55. The quantitative estimate of drug-likeness (QED) is 0.739. The Bertz CT molecular complexity index is 435. The van der Waals surface area contributed by atoms with Gasteiger partial charge in [-0.3, -0.25) is 4.68 Å². The van der Waals surface area contributed by atoms with Crippen molar-refractivity contribution in [3.8, 4) is 0 Å². The standard InChI is InChI=1S/C16H28ClN3/c1-4-10-18-12-16(8-7-9-16)11-14-15(17)13(5-2)19-20(14)6-3/h18H,4-12H2,1-3H3. The van der Waals surface area contributed by atoms with Crippen molar-refractivity contribution < 1.29 is 0 Å². The smallest absolute Gasteiger partial charge is 0.0850 e. The highest BCUT2D eigenvalue weighted by atomic mass is 35.5. The van der Waals surface area contributed by atoms with Crippen LogP contribution in [0.4, 0.5) is 0 Å². The lowest BCUT2D eigenvalue weighted by Gasteiger charge is -2.42. The van der Waals surface area contributed by atoms with E-state index >= 15 is 0 Å². The summed E-state index contributed by atoms with van der Waals surface area (Å²) in [4.78, 5) is 0. The number of hydrogen-bond acceptors (Lipinski definition) is 2. The van der Waals surface area contributed by atoms with Crippen LogP contribution >= 0.6 is 11.6 Å². The second-order valence-electron chi connectivity index (χ2n) is 6.08.